The molecule has 5 heteroatoms. The highest BCUT2D eigenvalue weighted by atomic mass is 16.7. The van der Waals surface area contributed by atoms with Crippen LogP contribution in [0.25, 0.3) is 0 Å². The van der Waals surface area contributed by atoms with Crippen molar-refractivity contribution in [3.8, 4) is 0 Å². The molecule has 0 atom stereocenters. The van der Waals surface area contributed by atoms with Gasteiger partial charge in [0.25, 0.3) is 0 Å². The molecule has 0 spiro atoms. The third-order valence-electron chi connectivity index (χ3n) is 5.52. The number of benzene rings is 1. The van der Waals surface area contributed by atoms with Crippen molar-refractivity contribution >= 4 is 12.6 Å². The molecule has 1 aromatic carbocycles. The van der Waals surface area contributed by atoms with Crippen LogP contribution in [0.3, 0.4) is 0 Å². The first-order chi connectivity index (χ1) is 11.4. The fourth-order valence-electron chi connectivity index (χ4n) is 3.21. The van der Waals surface area contributed by atoms with Gasteiger partial charge in [0.2, 0.25) is 0 Å². The zero-order valence-corrected chi connectivity index (χ0v) is 15.5. The van der Waals surface area contributed by atoms with Crippen molar-refractivity contribution in [2.24, 2.45) is 0 Å². The second-order valence-electron chi connectivity index (χ2n) is 7.89. The van der Waals surface area contributed by atoms with Gasteiger partial charge in [-0.15, -0.1) is 0 Å². The average Bonchev–Trinajstić information content (AvgIpc) is 2.77. The summed E-state index contributed by atoms with van der Waals surface area (Å²) in [5.74, 6) is 0. The summed E-state index contributed by atoms with van der Waals surface area (Å²) in [6.07, 6.45) is 2.26. The van der Waals surface area contributed by atoms with Crippen LogP contribution in [0.5, 0.6) is 0 Å². The lowest BCUT2D eigenvalue weighted by Gasteiger charge is -2.32. The van der Waals surface area contributed by atoms with E-state index in [4.69, 9.17) is 14.0 Å². The number of ether oxygens (including phenoxy) is 1. The molecular formula is C19H30BNO3. The van der Waals surface area contributed by atoms with Crippen LogP contribution < -0.4 is 5.46 Å². The Balaban J connectivity index is 1.56. The Morgan fingerprint density at radius 1 is 1.04 bits per heavy atom. The van der Waals surface area contributed by atoms with Gasteiger partial charge in [-0.05, 0) is 58.1 Å². The Labute approximate surface area is 146 Å². The van der Waals surface area contributed by atoms with E-state index in [1.54, 1.807) is 0 Å². The summed E-state index contributed by atoms with van der Waals surface area (Å²) in [6, 6.07) is 8.66. The Morgan fingerprint density at radius 3 is 2.38 bits per heavy atom. The largest absolute Gasteiger partial charge is 0.494 e. The van der Waals surface area contributed by atoms with E-state index in [0.29, 0.717) is 0 Å². The molecule has 0 aliphatic carbocycles. The summed E-state index contributed by atoms with van der Waals surface area (Å²) >= 11 is 0. The van der Waals surface area contributed by atoms with Gasteiger partial charge in [-0.2, -0.15) is 0 Å². The number of hydrogen-bond acceptors (Lipinski definition) is 4. The SMILES string of the molecule is CC1(C)OB(c2cccc(CCCN3CCOCC3)c2)OC1(C)C. The number of nitrogens with zero attached hydrogens (tertiary/aromatic N) is 1. The van der Waals surface area contributed by atoms with Crippen LogP contribution in [0.1, 0.15) is 39.7 Å². The fourth-order valence-corrected chi connectivity index (χ4v) is 3.21. The lowest BCUT2D eigenvalue weighted by atomic mass is 9.78. The van der Waals surface area contributed by atoms with Crippen molar-refractivity contribution in [1.82, 2.24) is 4.90 Å². The Bertz CT molecular complexity index is 539. The summed E-state index contributed by atoms with van der Waals surface area (Å²) in [4.78, 5) is 2.49. The van der Waals surface area contributed by atoms with Crippen molar-refractivity contribution in [2.45, 2.75) is 51.7 Å². The Morgan fingerprint density at radius 2 is 1.71 bits per heavy atom. The van der Waals surface area contributed by atoms with Crippen LogP contribution in [0.4, 0.5) is 0 Å². The maximum atomic E-state index is 6.16. The average molecular weight is 331 g/mol. The van der Waals surface area contributed by atoms with Crippen LogP contribution in [0, 0.1) is 0 Å². The van der Waals surface area contributed by atoms with Crippen molar-refractivity contribution in [3.63, 3.8) is 0 Å². The van der Waals surface area contributed by atoms with E-state index in [1.165, 1.54) is 12.0 Å². The summed E-state index contributed by atoms with van der Waals surface area (Å²) in [5.41, 5.74) is 1.90. The van der Waals surface area contributed by atoms with E-state index >= 15 is 0 Å². The second kappa shape index (κ2) is 7.16. The molecule has 2 aliphatic rings. The molecule has 0 N–H and O–H groups in total. The summed E-state index contributed by atoms with van der Waals surface area (Å²) in [6.45, 7) is 13.4. The molecule has 2 saturated heterocycles. The molecule has 2 heterocycles. The highest BCUT2D eigenvalue weighted by Crippen LogP contribution is 2.36. The van der Waals surface area contributed by atoms with Crippen LogP contribution >= 0.6 is 0 Å². The Kier molecular flexibility index (Phi) is 5.35. The van der Waals surface area contributed by atoms with Gasteiger partial charge in [0.1, 0.15) is 0 Å². The standard InChI is InChI=1S/C19H30BNO3/c1-18(2)19(3,4)24-20(23-18)17-9-5-7-16(15-17)8-6-10-21-11-13-22-14-12-21/h5,7,9,15H,6,8,10-14H2,1-4H3. The van der Waals surface area contributed by atoms with Gasteiger partial charge in [-0.1, -0.05) is 24.3 Å². The molecule has 0 bridgehead atoms. The van der Waals surface area contributed by atoms with Gasteiger partial charge in [-0.25, -0.2) is 0 Å². The third-order valence-corrected chi connectivity index (χ3v) is 5.52. The van der Waals surface area contributed by atoms with Gasteiger partial charge in [0.05, 0.1) is 24.4 Å². The zero-order chi connectivity index (χ0) is 17.2. The highest BCUT2D eigenvalue weighted by Gasteiger charge is 2.51. The second-order valence-corrected chi connectivity index (χ2v) is 7.89. The van der Waals surface area contributed by atoms with E-state index in [1.807, 2.05) is 0 Å². The maximum absolute atomic E-state index is 6.16. The number of rotatable bonds is 5. The first kappa shape index (κ1) is 17.9. The number of morpholine rings is 1. The van der Waals surface area contributed by atoms with Crippen molar-refractivity contribution < 1.29 is 14.0 Å². The minimum absolute atomic E-state index is 0.269. The fraction of sp³-hybridized carbons (Fsp3) is 0.684. The smallest absolute Gasteiger partial charge is 0.399 e. The molecule has 132 valence electrons. The molecule has 2 aliphatic heterocycles. The molecule has 0 radical (unpaired) electrons. The molecule has 0 amide bonds. The first-order valence-electron chi connectivity index (χ1n) is 9.12. The van der Waals surface area contributed by atoms with E-state index in [9.17, 15) is 0 Å². The molecule has 1 aromatic rings. The van der Waals surface area contributed by atoms with Crippen LogP contribution in [-0.2, 0) is 20.5 Å². The maximum Gasteiger partial charge on any atom is 0.494 e. The van der Waals surface area contributed by atoms with Gasteiger partial charge in [0.15, 0.2) is 0 Å². The molecule has 0 saturated carbocycles. The van der Waals surface area contributed by atoms with Gasteiger partial charge < -0.3 is 14.0 Å². The minimum Gasteiger partial charge on any atom is -0.399 e. The molecule has 0 aromatic heterocycles. The first-order valence-corrected chi connectivity index (χ1v) is 9.12. The zero-order valence-electron chi connectivity index (χ0n) is 15.5. The molecule has 3 rings (SSSR count). The lowest BCUT2D eigenvalue weighted by molar-refractivity contribution is 0.00578. The molecule has 0 unspecified atom stereocenters. The van der Waals surface area contributed by atoms with Crippen molar-refractivity contribution in [2.75, 3.05) is 32.8 Å². The highest BCUT2D eigenvalue weighted by molar-refractivity contribution is 6.62. The van der Waals surface area contributed by atoms with E-state index in [-0.39, 0.29) is 18.3 Å². The molecular weight excluding hydrogens is 301 g/mol. The number of hydrogen-bond donors (Lipinski definition) is 0. The molecule has 2 fully saturated rings. The lowest BCUT2D eigenvalue weighted by Crippen LogP contribution is -2.41. The summed E-state index contributed by atoms with van der Waals surface area (Å²) < 4.78 is 17.7. The van der Waals surface area contributed by atoms with Crippen LogP contribution in [0.15, 0.2) is 24.3 Å². The van der Waals surface area contributed by atoms with E-state index < -0.39 is 0 Å². The van der Waals surface area contributed by atoms with Gasteiger partial charge in [0, 0.05) is 13.1 Å². The quantitative estimate of drug-likeness (QED) is 0.775. The van der Waals surface area contributed by atoms with Crippen molar-refractivity contribution in [1.29, 1.82) is 0 Å². The summed E-state index contributed by atoms with van der Waals surface area (Å²) in [7, 11) is -0.269. The normalized spacial score (nSPS) is 23.6. The van der Waals surface area contributed by atoms with Gasteiger partial charge >= 0.3 is 7.12 Å². The molecule has 24 heavy (non-hydrogen) atoms. The Hall–Kier alpha value is -0.875. The number of aryl methyl sites for hydroxylation is 1. The van der Waals surface area contributed by atoms with Crippen molar-refractivity contribution in [3.05, 3.63) is 29.8 Å². The minimum atomic E-state index is -0.288. The summed E-state index contributed by atoms with van der Waals surface area (Å²) in [5, 5.41) is 0. The third kappa shape index (κ3) is 4.02. The van der Waals surface area contributed by atoms with E-state index in [2.05, 4.69) is 56.9 Å². The predicted molar refractivity (Wildman–Crippen MR) is 97.7 cm³/mol. The van der Waals surface area contributed by atoms with Gasteiger partial charge in [-0.3, -0.25) is 4.90 Å². The van der Waals surface area contributed by atoms with Crippen LogP contribution in [0.2, 0.25) is 0 Å². The predicted octanol–water partition coefficient (Wildman–Crippen LogP) is 2.25. The van der Waals surface area contributed by atoms with Crippen LogP contribution in [-0.4, -0.2) is 56.1 Å². The molecule has 4 nitrogen and oxygen atoms in total. The topological polar surface area (TPSA) is 30.9 Å². The monoisotopic (exact) mass is 331 g/mol. The van der Waals surface area contributed by atoms with E-state index in [0.717, 1.165) is 44.7 Å².